The largest absolute Gasteiger partial charge is 0.309 e. The normalized spacial score (nSPS) is 18.7. The highest BCUT2D eigenvalue weighted by molar-refractivity contribution is 9.10. The molecule has 1 unspecified atom stereocenters. The maximum absolute atomic E-state index is 4.73. The van der Waals surface area contributed by atoms with E-state index in [4.69, 9.17) is 5.10 Å². The second-order valence-electron chi connectivity index (χ2n) is 5.62. The monoisotopic (exact) mass is 333 g/mol. The zero-order valence-corrected chi connectivity index (χ0v) is 13.8. The van der Waals surface area contributed by atoms with Crippen molar-refractivity contribution in [1.82, 2.24) is 15.1 Å². The summed E-state index contributed by atoms with van der Waals surface area (Å²) in [6.07, 6.45) is 2.42. The van der Waals surface area contributed by atoms with Crippen LogP contribution in [0.3, 0.4) is 0 Å². The first kappa shape index (κ1) is 13.8. The molecule has 0 saturated carbocycles. The molecule has 4 heteroatoms. The molecule has 0 aliphatic carbocycles. The minimum absolute atomic E-state index is 0.419. The average molecular weight is 334 g/mol. The van der Waals surface area contributed by atoms with Crippen LogP contribution in [0.15, 0.2) is 22.7 Å². The van der Waals surface area contributed by atoms with E-state index in [2.05, 4.69) is 53.3 Å². The van der Waals surface area contributed by atoms with E-state index in [0.29, 0.717) is 6.04 Å². The van der Waals surface area contributed by atoms with Crippen molar-refractivity contribution in [2.24, 2.45) is 7.05 Å². The Balaban J connectivity index is 2.06. The van der Waals surface area contributed by atoms with Crippen LogP contribution in [0.4, 0.5) is 0 Å². The molecule has 1 saturated heterocycles. The van der Waals surface area contributed by atoms with E-state index in [-0.39, 0.29) is 0 Å². The lowest BCUT2D eigenvalue weighted by atomic mass is 10.0. The topological polar surface area (TPSA) is 29.9 Å². The van der Waals surface area contributed by atoms with Gasteiger partial charge in [-0.1, -0.05) is 12.1 Å². The van der Waals surface area contributed by atoms with Gasteiger partial charge < -0.3 is 5.32 Å². The van der Waals surface area contributed by atoms with Crippen molar-refractivity contribution >= 4 is 15.9 Å². The van der Waals surface area contributed by atoms with Gasteiger partial charge in [0.15, 0.2) is 0 Å². The first-order valence-corrected chi connectivity index (χ1v) is 7.90. The molecule has 0 radical (unpaired) electrons. The summed E-state index contributed by atoms with van der Waals surface area (Å²) >= 11 is 3.77. The van der Waals surface area contributed by atoms with Crippen molar-refractivity contribution in [1.29, 1.82) is 0 Å². The predicted molar refractivity (Wildman–Crippen MR) is 85.8 cm³/mol. The smallest absolute Gasteiger partial charge is 0.107 e. The van der Waals surface area contributed by atoms with Crippen LogP contribution in [0.25, 0.3) is 11.3 Å². The molecule has 1 aromatic heterocycles. The number of aromatic nitrogens is 2. The van der Waals surface area contributed by atoms with Gasteiger partial charge in [-0.15, -0.1) is 0 Å². The Kier molecular flexibility index (Phi) is 3.69. The van der Waals surface area contributed by atoms with Crippen molar-refractivity contribution < 1.29 is 0 Å². The minimum atomic E-state index is 0.419. The van der Waals surface area contributed by atoms with E-state index in [1.807, 2.05) is 11.7 Å². The maximum atomic E-state index is 4.73. The third kappa shape index (κ3) is 2.31. The lowest BCUT2D eigenvalue weighted by Gasteiger charge is -2.11. The third-order valence-corrected chi connectivity index (χ3v) is 4.98. The highest BCUT2D eigenvalue weighted by Gasteiger charge is 2.25. The summed E-state index contributed by atoms with van der Waals surface area (Å²) in [7, 11) is 2.03. The summed E-state index contributed by atoms with van der Waals surface area (Å²) in [4.78, 5) is 0. The number of halogens is 1. The van der Waals surface area contributed by atoms with Crippen LogP contribution in [0, 0.1) is 13.8 Å². The summed E-state index contributed by atoms with van der Waals surface area (Å²) in [6.45, 7) is 5.39. The second-order valence-corrected chi connectivity index (χ2v) is 6.41. The number of rotatable bonds is 2. The molecule has 1 N–H and O–H groups in total. The Hall–Kier alpha value is -1.13. The molecule has 0 bridgehead atoms. The molecule has 2 aromatic rings. The molecule has 1 atom stereocenters. The fraction of sp³-hybridized carbons (Fsp3) is 0.438. The number of aryl methyl sites for hydroxylation is 3. The van der Waals surface area contributed by atoms with Crippen molar-refractivity contribution in [3.05, 3.63) is 39.5 Å². The average Bonchev–Trinajstić information content (AvgIpc) is 3.01. The Morgan fingerprint density at radius 3 is 2.75 bits per heavy atom. The molecule has 1 aliphatic heterocycles. The van der Waals surface area contributed by atoms with Crippen molar-refractivity contribution in [3.8, 4) is 11.3 Å². The number of benzene rings is 1. The molecular weight excluding hydrogens is 314 g/mol. The van der Waals surface area contributed by atoms with Crippen LogP contribution < -0.4 is 5.32 Å². The Bertz CT molecular complexity index is 639. The van der Waals surface area contributed by atoms with Gasteiger partial charge in [-0.3, -0.25) is 4.68 Å². The zero-order chi connectivity index (χ0) is 14.3. The first-order chi connectivity index (χ1) is 9.58. The van der Waals surface area contributed by atoms with E-state index in [1.165, 1.54) is 35.2 Å². The van der Waals surface area contributed by atoms with Crippen molar-refractivity contribution in [2.45, 2.75) is 32.7 Å². The lowest BCUT2D eigenvalue weighted by molar-refractivity contribution is 0.572. The van der Waals surface area contributed by atoms with Gasteiger partial charge in [-0.2, -0.15) is 5.10 Å². The fourth-order valence-electron chi connectivity index (χ4n) is 2.88. The van der Waals surface area contributed by atoms with Gasteiger partial charge in [0.1, 0.15) is 5.69 Å². The molecule has 2 heterocycles. The lowest BCUT2D eigenvalue weighted by Crippen LogP contribution is -2.16. The van der Waals surface area contributed by atoms with Crippen LogP contribution in [0.5, 0.6) is 0 Å². The highest BCUT2D eigenvalue weighted by atomic mass is 79.9. The minimum Gasteiger partial charge on any atom is -0.309 e. The van der Waals surface area contributed by atoms with Crippen molar-refractivity contribution in [2.75, 3.05) is 6.54 Å². The van der Waals surface area contributed by atoms with Gasteiger partial charge in [0.05, 0.1) is 16.2 Å². The standard InChI is InChI=1S/C16H20BrN3/c1-10-6-7-12(9-11(10)2)15-14(17)16(20(3)19-15)13-5-4-8-18-13/h6-7,9,13,18H,4-5,8H2,1-3H3. The molecule has 3 nitrogen and oxygen atoms in total. The fourth-order valence-corrected chi connectivity index (χ4v) is 3.72. The van der Waals surface area contributed by atoms with Crippen LogP contribution in [0.2, 0.25) is 0 Å². The molecule has 0 amide bonds. The Labute approximate surface area is 128 Å². The molecular formula is C16H20BrN3. The number of nitrogens with zero attached hydrogens (tertiary/aromatic N) is 2. The molecule has 1 aromatic carbocycles. The van der Waals surface area contributed by atoms with Crippen LogP contribution in [-0.4, -0.2) is 16.3 Å². The van der Waals surface area contributed by atoms with Crippen molar-refractivity contribution in [3.63, 3.8) is 0 Å². The summed E-state index contributed by atoms with van der Waals surface area (Å²) in [5.41, 5.74) is 6.11. The molecule has 1 fully saturated rings. The quantitative estimate of drug-likeness (QED) is 0.903. The van der Waals surface area contributed by atoms with E-state index >= 15 is 0 Å². The second kappa shape index (κ2) is 5.34. The number of hydrogen-bond donors (Lipinski definition) is 1. The Morgan fingerprint density at radius 1 is 1.30 bits per heavy atom. The summed E-state index contributed by atoms with van der Waals surface area (Å²) in [6, 6.07) is 6.96. The van der Waals surface area contributed by atoms with Gasteiger partial charge >= 0.3 is 0 Å². The summed E-state index contributed by atoms with van der Waals surface area (Å²) in [5.74, 6) is 0. The van der Waals surface area contributed by atoms with E-state index in [1.54, 1.807) is 0 Å². The van der Waals surface area contributed by atoms with Crippen LogP contribution in [0.1, 0.15) is 35.7 Å². The Morgan fingerprint density at radius 2 is 2.10 bits per heavy atom. The molecule has 106 valence electrons. The molecule has 0 spiro atoms. The predicted octanol–water partition coefficient (Wildman–Crippen LogP) is 3.89. The van der Waals surface area contributed by atoms with Gasteiger partial charge in [0.2, 0.25) is 0 Å². The van der Waals surface area contributed by atoms with Gasteiger partial charge in [0.25, 0.3) is 0 Å². The third-order valence-electron chi connectivity index (χ3n) is 4.20. The van der Waals surface area contributed by atoms with Gasteiger partial charge in [-0.05, 0) is 66.4 Å². The van der Waals surface area contributed by atoms with E-state index in [9.17, 15) is 0 Å². The van der Waals surface area contributed by atoms with Gasteiger partial charge in [0, 0.05) is 12.6 Å². The maximum Gasteiger partial charge on any atom is 0.107 e. The summed E-state index contributed by atoms with van der Waals surface area (Å²) in [5, 5.41) is 8.27. The van der Waals surface area contributed by atoms with Crippen LogP contribution >= 0.6 is 15.9 Å². The first-order valence-electron chi connectivity index (χ1n) is 7.11. The SMILES string of the molecule is Cc1ccc(-c2nn(C)c(C3CCCN3)c2Br)cc1C. The highest BCUT2D eigenvalue weighted by Crippen LogP contribution is 2.36. The van der Waals surface area contributed by atoms with E-state index < -0.39 is 0 Å². The number of nitrogens with one attached hydrogen (secondary N) is 1. The molecule has 1 aliphatic rings. The van der Waals surface area contributed by atoms with E-state index in [0.717, 1.165) is 16.7 Å². The zero-order valence-electron chi connectivity index (χ0n) is 12.2. The number of hydrogen-bond acceptors (Lipinski definition) is 2. The van der Waals surface area contributed by atoms with Gasteiger partial charge in [-0.25, -0.2) is 0 Å². The molecule has 3 rings (SSSR count). The molecule has 20 heavy (non-hydrogen) atoms. The van der Waals surface area contributed by atoms with Crippen LogP contribution in [-0.2, 0) is 7.05 Å². The summed E-state index contributed by atoms with van der Waals surface area (Å²) < 4.78 is 3.14.